The van der Waals surface area contributed by atoms with Crippen molar-refractivity contribution in [3.8, 4) is 0 Å². The summed E-state index contributed by atoms with van der Waals surface area (Å²) in [4.78, 5) is 4.29. The first kappa shape index (κ1) is 9.66. The predicted octanol–water partition coefficient (Wildman–Crippen LogP) is 2.05. The van der Waals surface area contributed by atoms with Gasteiger partial charge in [0.2, 0.25) is 0 Å². The third-order valence-electron chi connectivity index (χ3n) is 3.65. The van der Waals surface area contributed by atoms with E-state index in [1.54, 1.807) is 0 Å². The number of aryl methyl sites for hydroxylation is 1. The number of aliphatic hydroxyl groups excluding tert-OH is 1. The van der Waals surface area contributed by atoms with Gasteiger partial charge in [0.1, 0.15) is 0 Å². The Labute approximate surface area is 85.0 Å². The van der Waals surface area contributed by atoms with Gasteiger partial charge in [-0.25, -0.2) is 0 Å². The Bertz CT molecular complexity index is 342. The van der Waals surface area contributed by atoms with Gasteiger partial charge < -0.3 is 5.11 Å². The number of pyridine rings is 1. The molecule has 1 N–H and O–H groups in total. The van der Waals surface area contributed by atoms with Gasteiger partial charge in [0.05, 0.1) is 6.61 Å². The number of nitrogens with zero attached hydrogens (tertiary/aromatic N) is 1. The minimum atomic E-state index is -0.0340. The Morgan fingerprint density at radius 3 is 2.43 bits per heavy atom. The quantitative estimate of drug-likeness (QED) is 0.776. The molecule has 1 aliphatic carbocycles. The summed E-state index contributed by atoms with van der Waals surface area (Å²) in [7, 11) is 0. The molecule has 2 nitrogen and oxygen atoms in total. The van der Waals surface area contributed by atoms with Gasteiger partial charge in [-0.3, -0.25) is 4.98 Å². The summed E-state index contributed by atoms with van der Waals surface area (Å²) in [6.07, 6.45) is 2.96. The molecular weight excluding hydrogens is 174 g/mol. The summed E-state index contributed by atoms with van der Waals surface area (Å²) in [5, 5.41) is 9.49. The fraction of sp³-hybridized carbons (Fsp3) is 0.583. The van der Waals surface area contributed by atoms with Crippen LogP contribution in [0.25, 0.3) is 0 Å². The molecule has 2 rings (SSSR count). The highest BCUT2D eigenvalue weighted by atomic mass is 16.3. The van der Waals surface area contributed by atoms with Crippen LogP contribution in [0.15, 0.2) is 18.3 Å². The molecule has 0 radical (unpaired) electrons. The number of aliphatic hydroxyl groups is 1. The zero-order valence-electron chi connectivity index (χ0n) is 9.04. The van der Waals surface area contributed by atoms with Crippen molar-refractivity contribution in [3.05, 3.63) is 29.6 Å². The average molecular weight is 191 g/mol. The molecule has 0 saturated heterocycles. The van der Waals surface area contributed by atoms with Crippen molar-refractivity contribution in [2.24, 2.45) is 5.41 Å². The maximum Gasteiger partial charge on any atom is 0.0533 e. The molecule has 1 unspecified atom stereocenters. The van der Waals surface area contributed by atoms with Gasteiger partial charge in [-0.15, -0.1) is 0 Å². The fourth-order valence-electron chi connectivity index (χ4n) is 2.32. The molecule has 1 fully saturated rings. The molecule has 0 spiro atoms. The molecule has 1 atom stereocenters. The highest BCUT2D eigenvalue weighted by molar-refractivity contribution is 5.35. The van der Waals surface area contributed by atoms with Crippen LogP contribution in [0.4, 0.5) is 0 Å². The van der Waals surface area contributed by atoms with Crippen molar-refractivity contribution in [2.45, 2.75) is 32.6 Å². The van der Waals surface area contributed by atoms with Gasteiger partial charge in [-0.2, -0.15) is 0 Å². The van der Waals surface area contributed by atoms with Crippen LogP contribution < -0.4 is 0 Å². The molecule has 0 bridgehead atoms. The van der Waals surface area contributed by atoms with Crippen LogP contribution >= 0.6 is 0 Å². The highest BCUT2D eigenvalue weighted by Crippen LogP contribution is 2.63. The molecule has 76 valence electrons. The second kappa shape index (κ2) is 2.80. The van der Waals surface area contributed by atoms with E-state index < -0.39 is 0 Å². The maximum atomic E-state index is 9.49. The van der Waals surface area contributed by atoms with Gasteiger partial charge in [0.15, 0.2) is 0 Å². The van der Waals surface area contributed by atoms with E-state index in [4.69, 9.17) is 0 Å². The first-order chi connectivity index (χ1) is 6.52. The van der Waals surface area contributed by atoms with E-state index in [-0.39, 0.29) is 17.4 Å². The van der Waals surface area contributed by atoms with Crippen molar-refractivity contribution in [1.82, 2.24) is 4.98 Å². The van der Waals surface area contributed by atoms with E-state index >= 15 is 0 Å². The Morgan fingerprint density at radius 1 is 1.43 bits per heavy atom. The van der Waals surface area contributed by atoms with E-state index in [2.05, 4.69) is 24.9 Å². The van der Waals surface area contributed by atoms with Gasteiger partial charge in [-0.05, 0) is 30.4 Å². The van der Waals surface area contributed by atoms with Crippen LogP contribution in [0.5, 0.6) is 0 Å². The normalized spacial score (nSPS) is 28.9. The first-order valence-corrected chi connectivity index (χ1v) is 5.06. The largest absolute Gasteiger partial charge is 0.395 e. The van der Waals surface area contributed by atoms with Crippen molar-refractivity contribution in [3.63, 3.8) is 0 Å². The van der Waals surface area contributed by atoms with Crippen molar-refractivity contribution < 1.29 is 5.11 Å². The number of aromatic nitrogens is 1. The topological polar surface area (TPSA) is 33.1 Å². The lowest BCUT2D eigenvalue weighted by molar-refractivity contribution is 0.231. The second-order valence-corrected chi connectivity index (χ2v) is 4.99. The molecule has 1 heterocycles. The zero-order valence-corrected chi connectivity index (χ0v) is 9.04. The minimum absolute atomic E-state index is 0.0340. The third kappa shape index (κ3) is 1.17. The third-order valence-corrected chi connectivity index (χ3v) is 3.65. The molecule has 1 aromatic heterocycles. The van der Waals surface area contributed by atoms with E-state index in [1.807, 2.05) is 19.2 Å². The van der Waals surface area contributed by atoms with Gasteiger partial charge in [0.25, 0.3) is 0 Å². The molecule has 2 heteroatoms. The summed E-state index contributed by atoms with van der Waals surface area (Å²) >= 11 is 0. The van der Waals surface area contributed by atoms with Gasteiger partial charge >= 0.3 is 0 Å². The summed E-state index contributed by atoms with van der Waals surface area (Å²) in [6, 6.07) is 4.11. The van der Waals surface area contributed by atoms with Crippen LogP contribution in [0, 0.1) is 12.3 Å². The molecule has 14 heavy (non-hydrogen) atoms. The number of hydrogen-bond acceptors (Lipinski definition) is 2. The van der Waals surface area contributed by atoms with E-state index in [0.29, 0.717) is 0 Å². The fourth-order valence-corrected chi connectivity index (χ4v) is 2.32. The van der Waals surface area contributed by atoms with Crippen molar-refractivity contribution in [2.75, 3.05) is 6.61 Å². The number of rotatable bonds is 2. The zero-order chi connectivity index (χ0) is 10.4. The summed E-state index contributed by atoms with van der Waals surface area (Å²) in [5.74, 6) is 0. The summed E-state index contributed by atoms with van der Waals surface area (Å²) in [5.41, 5.74) is 2.39. The predicted molar refractivity (Wildman–Crippen MR) is 56.1 cm³/mol. The van der Waals surface area contributed by atoms with E-state index in [1.165, 1.54) is 5.56 Å². The van der Waals surface area contributed by atoms with Crippen LogP contribution in [0.3, 0.4) is 0 Å². The molecule has 0 aromatic carbocycles. The highest BCUT2D eigenvalue weighted by Gasteiger charge is 2.61. The van der Waals surface area contributed by atoms with Gasteiger partial charge in [0, 0.05) is 17.3 Å². The Hall–Kier alpha value is -0.890. The lowest BCUT2D eigenvalue weighted by Gasteiger charge is -2.17. The number of hydrogen-bond donors (Lipinski definition) is 1. The lowest BCUT2D eigenvalue weighted by Crippen LogP contribution is -2.19. The monoisotopic (exact) mass is 191 g/mol. The van der Waals surface area contributed by atoms with Crippen LogP contribution in [-0.4, -0.2) is 16.7 Å². The summed E-state index contributed by atoms with van der Waals surface area (Å²) < 4.78 is 0. The maximum absolute atomic E-state index is 9.49. The average Bonchev–Trinajstić information content (AvgIpc) is 2.71. The van der Waals surface area contributed by atoms with E-state index in [9.17, 15) is 5.11 Å². The van der Waals surface area contributed by atoms with Gasteiger partial charge in [-0.1, -0.05) is 19.9 Å². The van der Waals surface area contributed by atoms with Crippen LogP contribution in [-0.2, 0) is 5.41 Å². The van der Waals surface area contributed by atoms with Crippen LogP contribution in [0.1, 0.15) is 31.5 Å². The lowest BCUT2D eigenvalue weighted by atomic mass is 9.90. The SMILES string of the molecule is Cc1ccc(C2(CO)CC2(C)C)cn1. The van der Waals surface area contributed by atoms with Crippen LogP contribution in [0.2, 0.25) is 0 Å². The smallest absolute Gasteiger partial charge is 0.0533 e. The molecule has 1 aliphatic rings. The first-order valence-electron chi connectivity index (χ1n) is 5.06. The van der Waals surface area contributed by atoms with E-state index in [0.717, 1.165) is 12.1 Å². The second-order valence-electron chi connectivity index (χ2n) is 4.99. The molecule has 0 amide bonds. The summed E-state index contributed by atoms with van der Waals surface area (Å²) in [6.45, 7) is 6.60. The molecule has 1 saturated carbocycles. The molecule has 0 aliphatic heterocycles. The Morgan fingerprint density at radius 2 is 2.07 bits per heavy atom. The molecular formula is C12H17NO. The standard InChI is InChI=1S/C12H17NO/c1-9-4-5-10(6-13-9)12(8-14)7-11(12,2)3/h4-6,14H,7-8H2,1-3H3. The minimum Gasteiger partial charge on any atom is -0.395 e. The Balaban J connectivity index is 2.36. The Kier molecular flexibility index (Phi) is 1.93. The molecule has 1 aromatic rings. The van der Waals surface area contributed by atoms with Crippen molar-refractivity contribution in [1.29, 1.82) is 0 Å². The van der Waals surface area contributed by atoms with Crippen molar-refractivity contribution >= 4 is 0 Å².